The van der Waals surface area contributed by atoms with Crippen LogP contribution in [0.25, 0.3) is 0 Å². The fourth-order valence-corrected chi connectivity index (χ4v) is 2.42. The summed E-state index contributed by atoms with van der Waals surface area (Å²) in [6, 6.07) is 13.6. The van der Waals surface area contributed by atoms with Crippen LogP contribution in [0.4, 0.5) is 5.69 Å². The predicted octanol–water partition coefficient (Wildman–Crippen LogP) is 4.08. The molecule has 2 nitrogen and oxygen atoms in total. The van der Waals surface area contributed by atoms with Crippen LogP contribution in [0.2, 0.25) is 5.02 Å². The molecular weight excluding hydrogens is 246 g/mol. The maximum absolute atomic E-state index is 6.23. The quantitative estimate of drug-likeness (QED) is 0.845. The van der Waals surface area contributed by atoms with Gasteiger partial charge in [-0.1, -0.05) is 36.7 Å². The third kappa shape index (κ3) is 2.44. The van der Waals surface area contributed by atoms with Crippen LogP contribution in [-0.2, 0) is 0 Å². The van der Waals surface area contributed by atoms with Crippen molar-refractivity contribution in [3.63, 3.8) is 0 Å². The first-order valence-electron chi connectivity index (χ1n) is 5.81. The molecule has 2 N–H and O–H groups in total. The van der Waals surface area contributed by atoms with Crippen LogP contribution in [-0.4, -0.2) is 7.11 Å². The first-order chi connectivity index (χ1) is 8.63. The number of nitrogens with two attached hydrogens (primary N) is 1. The lowest BCUT2D eigenvalue weighted by Gasteiger charge is -2.16. The van der Waals surface area contributed by atoms with Crippen molar-refractivity contribution in [1.82, 2.24) is 0 Å². The minimum Gasteiger partial charge on any atom is -0.497 e. The van der Waals surface area contributed by atoms with E-state index in [1.165, 1.54) is 0 Å². The second kappa shape index (κ2) is 5.32. The highest BCUT2D eigenvalue weighted by Gasteiger charge is 2.14. The van der Waals surface area contributed by atoms with E-state index < -0.39 is 0 Å². The van der Waals surface area contributed by atoms with Gasteiger partial charge in [-0.3, -0.25) is 0 Å². The van der Waals surface area contributed by atoms with Gasteiger partial charge in [-0.25, -0.2) is 0 Å². The zero-order valence-electron chi connectivity index (χ0n) is 10.5. The van der Waals surface area contributed by atoms with Gasteiger partial charge in [-0.15, -0.1) is 0 Å². The van der Waals surface area contributed by atoms with Gasteiger partial charge in [0.15, 0.2) is 0 Å². The van der Waals surface area contributed by atoms with Crippen LogP contribution in [0, 0.1) is 0 Å². The molecule has 0 aliphatic rings. The van der Waals surface area contributed by atoms with E-state index in [9.17, 15) is 0 Å². The first kappa shape index (κ1) is 12.8. The highest BCUT2D eigenvalue weighted by atomic mass is 35.5. The van der Waals surface area contributed by atoms with E-state index in [1.807, 2.05) is 42.5 Å². The number of rotatable bonds is 3. The van der Waals surface area contributed by atoms with Crippen LogP contribution in [0.3, 0.4) is 0 Å². The molecule has 0 bridgehead atoms. The number of hydrogen-bond donors (Lipinski definition) is 1. The summed E-state index contributed by atoms with van der Waals surface area (Å²) in [6.45, 7) is 2.10. The van der Waals surface area contributed by atoms with Gasteiger partial charge in [0.1, 0.15) is 5.75 Å². The number of anilines is 1. The molecule has 0 saturated carbocycles. The molecule has 0 saturated heterocycles. The Hall–Kier alpha value is -1.67. The predicted molar refractivity (Wildman–Crippen MR) is 76.4 cm³/mol. The highest BCUT2D eigenvalue weighted by molar-refractivity contribution is 6.31. The van der Waals surface area contributed by atoms with Crippen molar-refractivity contribution in [2.75, 3.05) is 12.8 Å². The number of benzene rings is 2. The summed E-state index contributed by atoms with van der Waals surface area (Å²) >= 11 is 6.23. The summed E-state index contributed by atoms with van der Waals surface area (Å²) in [6.07, 6.45) is 0. The van der Waals surface area contributed by atoms with Crippen molar-refractivity contribution in [2.24, 2.45) is 0 Å². The molecule has 0 radical (unpaired) electrons. The van der Waals surface area contributed by atoms with E-state index in [2.05, 4.69) is 6.92 Å². The summed E-state index contributed by atoms with van der Waals surface area (Å²) < 4.78 is 5.15. The highest BCUT2D eigenvalue weighted by Crippen LogP contribution is 2.34. The summed E-state index contributed by atoms with van der Waals surface area (Å²) in [4.78, 5) is 0. The van der Waals surface area contributed by atoms with Gasteiger partial charge < -0.3 is 10.5 Å². The molecule has 94 valence electrons. The molecule has 18 heavy (non-hydrogen) atoms. The van der Waals surface area contributed by atoms with Crippen molar-refractivity contribution in [3.8, 4) is 5.75 Å². The van der Waals surface area contributed by atoms with Crippen molar-refractivity contribution in [1.29, 1.82) is 0 Å². The Morgan fingerprint density at radius 3 is 2.33 bits per heavy atom. The van der Waals surface area contributed by atoms with Crippen LogP contribution >= 0.6 is 11.6 Å². The number of ether oxygens (including phenoxy) is 1. The van der Waals surface area contributed by atoms with Crippen molar-refractivity contribution < 1.29 is 4.74 Å². The Labute approximate surface area is 112 Å². The van der Waals surface area contributed by atoms with Crippen LogP contribution in [0.1, 0.15) is 24.0 Å². The number of nitrogen functional groups attached to an aromatic ring is 1. The first-order valence-corrected chi connectivity index (χ1v) is 6.19. The molecule has 0 aromatic heterocycles. The Kier molecular flexibility index (Phi) is 3.78. The lowest BCUT2D eigenvalue weighted by atomic mass is 9.92. The molecule has 2 rings (SSSR count). The number of methoxy groups -OCH3 is 1. The van der Waals surface area contributed by atoms with Gasteiger partial charge in [0.2, 0.25) is 0 Å². The van der Waals surface area contributed by atoms with Gasteiger partial charge in [0, 0.05) is 22.2 Å². The van der Waals surface area contributed by atoms with Gasteiger partial charge in [-0.05, 0) is 29.8 Å². The minimum atomic E-state index is 0.157. The van der Waals surface area contributed by atoms with Gasteiger partial charge in [0.05, 0.1) is 7.11 Å². The molecule has 2 aromatic carbocycles. The Morgan fingerprint density at radius 2 is 1.78 bits per heavy atom. The van der Waals surface area contributed by atoms with Crippen molar-refractivity contribution >= 4 is 17.3 Å². The average Bonchev–Trinajstić information content (AvgIpc) is 2.38. The van der Waals surface area contributed by atoms with E-state index >= 15 is 0 Å². The van der Waals surface area contributed by atoms with E-state index in [4.69, 9.17) is 22.1 Å². The standard InChI is InChI=1S/C15H16ClNO/c1-10(11-6-8-12(18-2)9-7-11)15-13(16)4-3-5-14(15)17/h3-10H,17H2,1-2H3. The maximum Gasteiger partial charge on any atom is 0.118 e. The molecular formula is C15H16ClNO. The fourth-order valence-electron chi connectivity index (χ4n) is 2.07. The topological polar surface area (TPSA) is 35.2 Å². The third-order valence-corrected chi connectivity index (χ3v) is 3.47. The third-order valence-electron chi connectivity index (χ3n) is 3.14. The summed E-state index contributed by atoms with van der Waals surface area (Å²) in [7, 11) is 1.66. The SMILES string of the molecule is COc1ccc(C(C)c2c(N)cccc2Cl)cc1. The Bertz CT molecular complexity index is 516. The van der Waals surface area contributed by atoms with Gasteiger partial charge in [-0.2, -0.15) is 0 Å². The van der Waals surface area contributed by atoms with E-state index in [0.717, 1.165) is 22.6 Å². The Morgan fingerprint density at radius 1 is 1.11 bits per heavy atom. The molecule has 1 unspecified atom stereocenters. The molecule has 0 aliphatic heterocycles. The summed E-state index contributed by atoms with van der Waals surface area (Å²) in [5.41, 5.74) is 8.87. The van der Waals surface area contributed by atoms with Gasteiger partial charge >= 0.3 is 0 Å². The van der Waals surface area contributed by atoms with E-state index in [1.54, 1.807) is 7.11 Å². The second-order valence-corrected chi connectivity index (χ2v) is 4.64. The molecule has 0 aliphatic carbocycles. The smallest absolute Gasteiger partial charge is 0.118 e. The van der Waals surface area contributed by atoms with Gasteiger partial charge in [0.25, 0.3) is 0 Å². The maximum atomic E-state index is 6.23. The van der Waals surface area contributed by atoms with Crippen LogP contribution < -0.4 is 10.5 Å². The minimum absolute atomic E-state index is 0.157. The molecule has 0 amide bonds. The van der Waals surface area contributed by atoms with Crippen LogP contribution in [0.5, 0.6) is 5.75 Å². The molecule has 0 heterocycles. The molecule has 3 heteroatoms. The van der Waals surface area contributed by atoms with E-state index in [-0.39, 0.29) is 5.92 Å². The zero-order valence-corrected chi connectivity index (χ0v) is 11.2. The zero-order chi connectivity index (χ0) is 13.1. The molecule has 1 atom stereocenters. The summed E-state index contributed by atoms with van der Waals surface area (Å²) in [5.74, 6) is 1.00. The average molecular weight is 262 g/mol. The molecule has 0 spiro atoms. The monoisotopic (exact) mass is 261 g/mol. The lowest BCUT2D eigenvalue weighted by Crippen LogP contribution is -2.02. The normalized spacial score (nSPS) is 12.2. The van der Waals surface area contributed by atoms with E-state index in [0.29, 0.717) is 5.02 Å². The van der Waals surface area contributed by atoms with Crippen molar-refractivity contribution in [2.45, 2.75) is 12.8 Å². The molecule has 2 aromatic rings. The Balaban J connectivity index is 2.38. The number of hydrogen-bond acceptors (Lipinski definition) is 2. The van der Waals surface area contributed by atoms with Crippen LogP contribution in [0.15, 0.2) is 42.5 Å². The second-order valence-electron chi connectivity index (χ2n) is 4.24. The summed E-state index contributed by atoms with van der Waals surface area (Å²) in [5, 5.41) is 0.707. The largest absolute Gasteiger partial charge is 0.497 e. The number of halogens is 1. The van der Waals surface area contributed by atoms with Crippen molar-refractivity contribution in [3.05, 3.63) is 58.6 Å². The molecule has 0 fully saturated rings. The fraction of sp³-hybridized carbons (Fsp3) is 0.200. The lowest BCUT2D eigenvalue weighted by molar-refractivity contribution is 0.414.